The van der Waals surface area contributed by atoms with Gasteiger partial charge in [0.1, 0.15) is 0 Å². The van der Waals surface area contributed by atoms with Crippen molar-refractivity contribution < 1.29 is 9.47 Å². The lowest BCUT2D eigenvalue weighted by Gasteiger charge is -2.07. The molecule has 2 heterocycles. The summed E-state index contributed by atoms with van der Waals surface area (Å²) >= 11 is 0. The van der Waals surface area contributed by atoms with E-state index in [1.807, 2.05) is 36.5 Å². The lowest BCUT2D eigenvalue weighted by molar-refractivity contribution is 0.341. The SMILES string of the molecule is COc1nc(OC)nc(-c2cccc(-n3cccn3)c2)n1. The van der Waals surface area contributed by atoms with Crippen LogP contribution < -0.4 is 9.47 Å². The van der Waals surface area contributed by atoms with Gasteiger partial charge in [-0.05, 0) is 18.2 Å². The molecule has 0 unspecified atom stereocenters. The van der Waals surface area contributed by atoms with Crippen LogP contribution >= 0.6 is 0 Å². The number of hydrogen-bond acceptors (Lipinski definition) is 6. The van der Waals surface area contributed by atoms with Crippen LogP contribution in [0.1, 0.15) is 0 Å². The Morgan fingerprint density at radius 3 is 2.33 bits per heavy atom. The lowest BCUT2D eigenvalue weighted by Crippen LogP contribution is -2.01. The van der Waals surface area contributed by atoms with Crippen molar-refractivity contribution >= 4 is 0 Å². The van der Waals surface area contributed by atoms with Crippen molar-refractivity contribution in [2.45, 2.75) is 0 Å². The van der Waals surface area contributed by atoms with Crippen LogP contribution in [-0.4, -0.2) is 39.0 Å². The number of ether oxygens (including phenoxy) is 2. The molecular formula is C14H13N5O2. The van der Waals surface area contributed by atoms with Crippen LogP contribution in [-0.2, 0) is 0 Å². The van der Waals surface area contributed by atoms with E-state index < -0.39 is 0 Å². The summed E-state index contributed by atoms with van der Waals surface area (Å²) in [5.74, 6) is 0.479. The molecule has 0 aliphatic carbocycles. The maximum absolute atomic E-state index is 5.06. The summed E-state index contributed by atoms with van der Waals surface area (Å²) in [6.07, 6.45) is 3.59. The average Bonchev–Trinajstić information content (AvgIpc) is 3.09. The molecule has 0 atom stereocenters. The highest BCUT2D eigenvalue weighted by Crippen LogP contribution is 2.21. The van der Waals surface area contributed by atoms with Crippen molar-refractivity contribution in [2.75, 3.05) is 14.2 Å². The highest BCUT2D eigenvalue weighted by atomic mass is 16.5. The largest absolute Gasteiger partial charge is 0.467 e. The lowest BCUT2D eigenvalue weighted by atomic mass is 10.2. The molecule has 0 N–H and O–H groups in total. The number of methoxy groups -OCH3 is 2. The molecule has 0 aliphatic heterocycles. The van der Waals surface area contributed by atoms with Gasteiger partial charge in [0.15, 0.2) is 5.82 Å². The Hall–Kier alpha value is -2.96. The van der Waals surface area contributed by atoms with Gasteiger partial charge in [0.25, 0.3) is 0 Å². The topological polar surface area (TPSA) is 75.0 Å². The molecule has 0 radical (unpaired) electrons. The van der Waals surface area contributed by atoms with Gasteiger partial charge >= 0.3 is 12.0 Å². The van der Waals surface area contributed by atoms with Gasteiger partial charge < -0.3 is 9.47 Å². The second-order valence-electron chi connectivity index (χ2n) is 4.13. The molecule has 0 saturated heterocycles. The molecule has 0 amide bonds. The van der Waals surface area contributed by atoms with Crippen molar-refractivity contribution in [1.82, 2.24) is 24.7 Å². The zero-order valence-electron chi connectivity index (χ0n) is 11.6. The van der Waals surface area contributed by atoms with E-state index in [0.717, 1.165) is 11.3 Å². The van der Waals surface area contributed by atoms with Gasteiger partial charge in [0.2, 0.25) is 0 Å². The number of nitrogens with zero attached hydrogens (tertiary/aromatic N) is 5. The van der Waals surface area contributed by atoms with E-state index in [2.05, 4.69) is 20.1 Å². The number of benzene rings is 1. The minimum absolute atomic E-state index is 0.210. The van der Waals surface area contributed by atoms with Crippen LogP contribution in [0.4, 0.5) is 0 Å². The number of rotatable bonds is 4. The van der Waals surface area contributed by atoms with E-state index in [1.165, 1.54) is 14.2 Å². The Bertz CT molecular complexity index is 721. The molecule has 0 bridgehead atoms. The minimum Gasteiger partial charge on any atom is -0.467 e. The van der Waals surface area contributed by atoms with Gasteiger partial charge in [-0.1, -0.05) is 12.1 Å². The van der Waals surface area contributed by atoms with Crippen molar-refractivity contribution in [3.05, 3.63) is 42.7 Å². The number of aromatic nitrogens is 5. The van der Waals surface area contributed by atoms with E-state index in [9.17, 15) is 0 Å². The van der Waals surface area contributed by atoms with Gasteiger partial charge in [0, 0.05) is 18.0 Å². The fraction of sp³-hybridized carbons (Fsp3) is 0.143. The molecule has 0 aliphatic rings. The zero-order valence-corrected chi connectivity index (χ0v) is 11.6. The number of hydrogen-bond donors (Lipinski definition) is 0. The molecule has 7 nitrogen and oxygen atoms in total. The molecule has 3 aromatic rings. The van der Waals surface area contributed by atoms with Crippen molar-refractivity contribution in [3.8, 4) is 29.1 Å². The third-order valence-electron chi connectivity index (χ3n) is 2.83. The standard InChI is InChI=1S/C14H13N5O2/c1-20-13-16-12(17-14(18-13)21-2)10-5-3-6-11(9-10)19-8-4-7-15-19/h3-9H,1-2H3. The van der Waals surface area contributed by atoms with Gasteiger partial charge in [-0.2, -0.15) is 15.1 Å². The maximum atomic E-state index is 5.06. The fourth-order valence-electron chi connectivity index (χ4n) is 1.86. The van der Waals surface area contributed by atoms with Gasteiger partial charge in [-0.3, -0.25) is 0 Å². The molecule has 7 heteroatoms. The predicted octanol–water partition coefficient (Wildman–Crippen LogP) is 1.74. The second-order valence-corrected chi connectivity index (χ2v) is 4.13. The van der Waals surface area contributed by atoms with E-state index in [0.29, 0.717) is 5.82 Å². The molecule has 0 saturated carbocycles. The molecule has 106 valence electrons. The third-order valence-corrected chi connectivity index (χ3v) is 2.83. The van der Waals surface area contributed by atoms with Crippen LogP contribution in [0.2, 0.25) is 0 Å². The van der Waals surface area contributed by atoms with E-state index in [1.54, 1.807) is 10.9 Å². The summed E-state index contributed by atoms with van der Waals surface area (Å²) in [7, 11) is 3.00. The van der Waals surface area contributed by atoms with Crippen molar-refractivity contribution in [1.29, 1.82) is 0 Å². The first kappa shape index (κ1) is 13.0. The summed E-state index contributed by atoms with van der Waals surface area (Å²) < 4.78 is 11.9. The van der Waals surface area contributed by atoms with E-state index in [-0.39, 0.29) is 12.0 Å². The van der Waals surface area contributed by atoms with Crippen molar-refractivity contribution in [2.24, 2.45) is 0 Å². The molecule has 21 heavy (non-hydrogen) atoms. The summed E-state index contributed by atoms with van der Waals surface area (Å²) in [5.41, 5.74) is 1.73. The smallest absolute Gasteiger partial charge is 0.322 e. The highest BCUT2D eigenvalue weighted by Gasteiger charge is 2.10. The third kappa shape index (κ3) is 2.66. The van der Waals surface area contributed by atoms with Crippen LogP contribution in [0, 0.1) is 0 Å². The first-order valence-electron chi connectivity index (χ1n) is 6.24. The molecule has 0 fully saturated rings. The summed E-state index contributed by atoms with van der Waals surface area (Å²) in [6.45, 7) is 0. The van der Waals surface area contributed by atoms with Crippen LogP contribution in [0.25, 0.3) is 17.1 Å². The van der Waals surface area contributed by atoms with Gasteiger partial charge in [0.05, 0.1) is 19.9 Å². The molecule has 0 spiro atoms. The van der Waals surface area contributed by atoms with Crippen LogP contribution in [0.15, 0.2) is 42.7 Å². The quantitative estimate of drug-likeness (QED) is 0.726. The first-order valence-corrected chi connectivity index (χ1v) is 6.24. The van der Waals surface area contributed by atoms with Crippen molar-refractivity contribution in [3.63, 3.8) is 0 Å². The van der Waals surface area contributed by atoms with Gasteiger partial charge in [-0.15, -0.1) is 4.98 Å². The van der Waals surface area contributed by atoms with Crippen LogP contribution in [0.5, 0.6) is 12.0 Å². The zero-order chi connectivity index (χ0) is 14.7. The van der Waals surface area contributed by atoms with E-state index in [4.69, 9.17) is 9.47 Å². The first-order chi connectivity index (χ1) is 10.3. The normalized spacial score (nSPS) is 10.4. The van der Waals surface area contributed by atoms with Crippen LogP contribution in [0.3, 0.4) is 0 Å². The average molecular weight is 283 g/mol. The summed E-state index contributed by atoms with van der Waals surface area (Å²) in [6, 6.07) is 9.98. The van der Waals surface area contributed by atoms with E-state index >= 15 is 0 Å². The highest BCUT2D eigenvalue weighted by molar-refractivity contribution is 5.59. The summed E-state index contributed by atoms with van der Waals surface area (Å²) in [4.78, 5) is 12.5. The maximum Gasteiger partial charge on any atom is 0.322 e. The molecule has 3 rings (SSSR count). The Kier molecular flexibility index (Phi) is 3.46. The Balaban J connectivity index is 2.06. The van der Waals surface area contributed by atoms with Gasteiger partial charge in [-0.25, -0.2) is 4.68 Å². The molecule has 1 aromatic carbocycles. The fourth-order valence-corrected chi connectivity index (χ4v) is 1.86. The predicted molar refractivity (Wildman–Crippen MR) is 75.5 cm³/mol. The second kappa shape index (κ2) is 5.58. The molecule has 2 aromatic heterocycles. The monoisotopic (exact) mass is 283 g/mol. The Morgan fingerprint density at radius 1 is 0.952 bits per heavy atom. The Labute approximate surface area is 121 Å². The molecular weight excluding hydrogens is 270 g/mol. The Morgan fingerprint density at radius 2 is 1.71 bits per heavy atom. The minimum atomic E-state index is 0.210. The summed E-state index contributed by atoms with van der Waals surface area (Å²) in [5, 5.41) is 4.20.